The average Bonchev–Trinajstić information content (AvgIpc) is 2.58. The normalized spacial score (nSPS) is 54.6. The Morgan fingerprint density at radius 2 is 1.23 bits per heavy atom. The van der Waals surface area contributed by atoms with E-state index in [9.17, 15) is 0 Å². The molecule has 0 heterocycles. The molecule has 0 aliphatic heterocycles. The molecule has 0 nitrogen and oxygen atoms in total. The predicted octanol–water partition coefficient (Wildman–Crippen LogP) is 7.63. The first-order valence-corrected chi connectivity index (χ1v) is 17.1. The molecular weight excluding hydrogens is 426 g/mol. The molecule has 151 valence electrons. The molecule has 0 N–H and O–H groups in total. The summed E-state index contributed by atoms with van der Waals surface area (Å²) in [5.41, 5.74) is 0. The fraction of sp³-hybridized carbons (Fsp3) is 1.00. The Labute approximate surface area is 169 Å². The predicted molar refractivity (Wildman–Crippen MR) is 110 cm³/mol. The molecule has 8 aliphatic rings. The Morgan fingerprint density at radius 3 is 1.73 bits per heavy atom. The average molecular weight is 466 g/mol. The fourth-order valence-electron chi connectivity index (χ4n) is 9.02. The van der Waals surface area contributed by atoms with E-state index in [2.05, 4.69) is 6.92 Å². The molecule has 0 spiro atoms. The van der Waals surface area contributed by atoms with E-state index in [0.29, 0.717) is 0 Å². The Balaban J connectivity index is 1.31. The van der Waals surface area contributed by atoms with Crippen LogP contribution in [0.15, 0.2) is 0 Å². The van der Waals surface area contributed by atoms with Crippen molar-refractivity contribution >= 4 is 6.77 Å². The van der Waals surface area contributed by atoms with E-state index in [4.69, 9.17) is 0 Å². The molecule has 1 unspecified atom stereocenters. The maximum absolute atomic E-state index is 2.42. The Bertz CT molecular complexity index is 479. The van der Waals surface area contributed by atoms with Gasteiger partial charge in [-0.05, 0) is 0 Å². The molecule has 0 amide bonds. The first-order valence-electron chi connectivity index (χ1n) is 12.0. The summed E-state index contributed by atoms with van der Waals surface area (Å²) in [5, 5.41) is 0. The maximum atomic E-state index is 2.42. The van der Waals surface area contributed by atoms with Crippen LogP contribution in [0.5, 0.6) is 0 Å². The second-order valence-corrected chi connectivity index (χ2v) is 19.7. The van der Waals surface area contributed by atoms with Crippen molar-refractivity contribution < 1.29 is 16.3 Å². The summed E-state index contributed by atoms with van der Waals surface area (Å²) in [7, 11) is 0. The molecule has 0 saturated heterocycles. The van der Waals surface area contributed by atoms with Crippen LogP contribution in [-0.4, -0.2) is 6.16 Å². The number of hydrogen-bond acceptors (Lipinski definition) is 0. The van der Waals surface area contributed by atoms with Crippen molar-refractivity contribution in [2.45, 2.75) is 98.7 Å². The van der Waals surface area contributed by atoms with Gasteiger partial charge in [0.05, 0.1) is 0 Å². The summed E-state index contributed by atoms with van der Waals surface area (Å²) in [5.74, 6) is 8.32. The van der Waals surface area contributed by atoms with Gasteiger partial charge in [-0.2, -0.15) is 0 Å². The van der Waals surface area contributed by atoms with Crippen molar-refractivity contribution in [2.24, 2.45) is 41.4 Å². The molecule has 2 heteroatoms. The zero-order chi connectivity index (χ0) is 17.3. The van der Waals surface area contributed by atoms with Crippen molar-refractivity contribution in [3.8, 4) is 0 Å². The third kappa shape index (κ3) is 2.88. The van der Waals surface area contributed by atoms with Crippen LogP contribution in [0.2, 0.25) is 8.28 Å². The van der Waals surface area contributed by atoms with Crippen molar-refractivity contribution in [3.05, 3.63) is 0 Å². The van der Waals surface area contributed by atoms with Gasteiger partial charge in [-0.15, -0.1) is 0 Å². The van der Waals surface area contributed by atoms with Gasteiger partial charge in [0.1, 0.15) is 0 Å². The Morgan fingerprint density at radius 1 is 0.731 bits per heavy atom. The molecule has 26 heavy (non-hydrogen) atoms. The molecular formula is C24H40PPd. The van der Waals surface area contributed by atoms with E-state index in [1.54, 1.807) is 76.8 Å². The Kier molecular flexibility index (Phi) is 4.70. The topological polar surface area (TPSA) is 0 Å². The van der Waals surface area contributed by atoms with E-state index in [0.717, 1.165) is 3.89 Å². The quantitative estimate of drug-likeness (QED) is 0.215. The van der Waals surface area contributed by atoms with Crippen LogP contribution in [0, 0.1) is 41.4 Å². The summed E-state index contributed by atoms with van der Waals surface area (Å²) in [6.07, 6.45) is 23.1. The second-order valence-electron chi connectivity index (χ2n) is 11.3. The van der Waals surface area contributed by atoms with Crippen LogP contribution in [0.1, 0.15) is 90.4 Å². The molecule has 8 rings (SSSR count). The second kappa shape index (κ2) is 6.82. The zero-order valence-corrected chi connectivity index (χ0v) is 19.4. The van der Waals surface area contributed by atoms with Gasteiger partial charge in [0.15, 0.2) is 0 Å². The van der Waals surface area contributed by atoms with Crippen molar-refractivity contribution in [3.63, 3.8) is 0 Å². The summed E-state index contributed by atoms with van der Waals surface area (Å²) in [6.45, 7) is 3.86. The van der Waals surface area contributed by atoms with E-state index < -0.39 is 0 Å². The van der Waals surface area contributed by atoms with E-state index in [1.807, 2.05) is 0 Å². The van der Waals surface area contributed by atoms with Crippen LogP contribution in [-0.2, 0) is 16.3 Å². The van der Waals surface area contributed by atoms with Crippen LogP contribution < -0.4 is 0 Å². The molecule has 0 aromatic heterocycles. The molecule has 8 fully saturated rings. The van der Waals surface area contributed by atoms with E-state index in [1.165, 1.54) is 65.4 Å². The first-order chi connectivity index (χ1) is 12.7. The minimum atomic E-state index is -0.335. The van der Waals surface area contributed by atoms with Crippen molar-refractivity contribution in [2.75, 3.05) is 6.16 Å². The van der Waals surface area contributed by atoms with Gasteiger partial charge >= 0.3 is 169 Å². The van der Waals surface area contributed by atoms with Gasteiger partial charge in [-0.1, -0.05) is 0 Å². The molecule has 0 radical (unpaired) electrons. The summed E-state index contributed by atoms with van der Waals surface area (Å²) in [4.78, 5) is 0. The van der Waals surface area contributed by atoms with Crippen molar-refractivity contribution in [1.29, 1.82) is 0 Å². The van der Waals surface area contributed by atoms with E-state index >= 15 is 0 Å². The third-order valence-electron chi connectivity index (χ3n) is 9.28. The molecule has 0 aromatic carbocycles. The zero-order valence-electron chi connectivity index (χ0n) is 16.8. The van der Waals surface area contributed by atoms with Crippen molar-refractivity contribution in [1.82, 2.24) is 0 Å². The van der Waals surface area contributed by atoms with Gasteiger partial charge < -0.3 is 0 Å². The van der Waals surface area contributed by atoms with Crippen LogP contribution in [0.4, 0.5) is 0 Å². The van der Waals surface area contributed by atoms with E-state index in [-0.39, 0.29) is 16.3 Å². The summed E-state index contributed by atoms with van der Waals surface area (Å²) in [6, 6.07) is 0. The Hall–Kier alpha value is 1.09. The number of rotatable bonds is 6. The molecule has 8 bridgehead atoms. The minimum absolute atomic E-state index is 0.335. The van der Waals surface area contributed by atoms with Gasteiger partial charge in [-0.25, -0.2) is 0 Å². The standard InChI is InChI=1S/2C10H15.C4H10P.Pd/c2*1-7-2-9-4-8(1)5-10(3-7)6-9;1-2-3-4-5;/h7-9H,1-6H2;1,7-10H,2-6H2;5H,2-4H2,1H3;/q;;-1;+1. The fourth-order valence-corrected chi connectivity index (χ4v) is 23.7. The van der Waals surface area contributed by atoms with Crippen LogP contribution in [0.3, 0.4) is 0 Å². The molecule has 8 aliphatic carbocycles. The SMILES string of the molecule is CCCC[PH][Pd]([CH]1C2CC3CC(C2)CC1C3)[C]12CC3CC(CC(C3)C1)C2. The van der Waals surface area contributed by atoms with Gasteiger partial charge in [0.25, 0.3) is 0 Å². The monoisotopic (exact) mass is 465 g/mol. The van der Waals surface area contributed by atoms with Gasteiger partial charge in [-0.3, -0.25) is 0 Å². The van der Waals surface area contributed by atoms with Crippen LogP contribution in [0.25, 0.3) is 0 Å². The summed E-state index contributed by atoms with van der Waals surface area (Å²) < 4.78 is 2.24. The first kappa shape index (κ1) is 17.9. The van der Waals surface area contributed by atoms with Gasteiger partial charge in [0, 0.05) is 0 Å². The molecule has 8 saturated carbocycles. The number of unbranched alkanes of at least 4 members (excludes halogenated alkanes) is 1. The number of hydrogen-bond donors (Lipinski definition) is 0. The van der Waals surface area contributed by atoms with Gasteiger partial charge in [0.2, 0.25) is 0 Å². The molecule has 0 aromatic rings. The molecule has 1 atom stereocenters. The third-order valence-corrected chi connectivity index (χ3v) is 21.4. The summed E-state index contributed by atoms with van der Waals surface area (Å²) >= 11 is -0.335. The van der Waals surface area contributed by atoms with Crippen LogP contribution >= 0.6 is 6.77 Å².